The minimum atomic E-state index is -1.02. The summed E-state index contributed by atoms with van der Waals surface area (Å²) in [5, 5.41) is 9.04. The van der Waals surface area contributed by atoms with Crippen LogP contribution in [-0.4, -0.2) is 17.2 Å². The lowest BCUT2D eigenvalue weighted by atomic mass is 9.80. The van der Waals surface area contributed by atoms with Gasteiger partial charge in [0.15, 0.2) is 0 Å². The van der Waals surface area contributed by atoms with Gasteiger partial charge >= 0.3 is 5.97 Å². The molecule has 1 fully saturated rings. The first-order chi connectivity index (χ1) is 8.97. The van der Waals surface area contributed by atoms with Gasteiger partial charge in [-0.15, -0.1) is 0 Å². The third-order valence-electron chi connectivity index (χ3n) is 4.11. The third-order valence-corrected chi connectivity index (χ3v) is 4.11. The van der Waals surface area contributed by atoms with E-state index >= 15 is 0 Å². The van der Waals surface area contributed by atoms with Gasteiger partial charge in [0.25, 0.3) is 0 Å². The monoisotopic (exact) mass is 263 g/mol. The number of carboxylic acid groups (broad SMARTS) is 1. The van der Waals surface area contributed by atoms with Crippen LogP contribution < -0.4 is 10.5 Å². The second-order valence-corrected chi connectivity index (χ2v) is 5.56. The van der Waals surface area contributed by atoms with E-state index in [9.17, 15) is 4.79 Å². The summed E-state index contributed by atoms with van der Waals surface area (Å²) in [6.45, 7) is 4.51. The van der Waals surface area contributed by atoms with Crippen molar-refractivity contribution in [1.29, 1.82) is 0 Å². The first-order valence-corrected chi connectivity index (χ1v) is 6.77. The molecule has 0 radical (unpaired) electrons. The van der Waals surface area contributed by atoms with Crippen molar-refractivity contribution in [2.24, 2.45) is 11.8 Å². The number of nitrogens with two attached hydrogens (primary N) is 1. The zero-order valence-corrected chi connectivity index (χ0v) is 11.4. The van der Waals surface area contributed by atoms with Gasteiger partial charge in [-0.3, -0.25) is 0 Å². The average Bonchev–Trinajstić information content (AvgIpc) is 2.36. The molecular formula is C15H21NO3. The summed E-state index contributed by atoms with van der Waals surface area (Å²) >= 11 is 0. The van der Waals surface area contributed by atoms with Gasteiger partial charge in [-0.1, -0.05) is 13.8 Å². The summed E-state index contributed by atoms with van der Waals surface area (Å²) in [7, 11) is 0. The Bertz CT molecular complexity index is 472. The molecule has 0 aromatic heterocycles. The Labute approximate surface area is 113 Å². The second kappa shape index (κ2) is 5.51. The van der Waals surface area contributed by atoms with Crippen LogP contribution in [0.1, 0.15) is 43.5 Å². The van der Waals surface area contributed by atoms with Gasteiger partial charge in [0.2, 0.25) is 0 Å². The molecule has 4 nitrogen and oxygen atoms in total. The van der Waals surface area contributed by atoms with Gasteiger partial charge in [-0.25, -0.2) is 4.79 Å². The van der Waals surface area contributed by atoms with Crippen molar-refractivity contribution in [2.45, 2.75) is 39.2 Å². The number of carbonyl (C=O) groups is 1. The molecule has 0 aliphatic heterocycles. The molecule has 0 spiro atoms. The van der Waals surface area contributed by atoms with E-state index in [1.807, 2.05) is 0 Å². The fourth-order valence-electron chi connectivity index (χ4n) is 2.59. The number of aromatic carboxylic acids is 1. The van der Waals surface area contributed by atoms with Crippen LogP contribution in [0.25, 0.3) is 0 Å². The predicted octanol–water partition coefficient (Wildman–Crippen LogP) is 3.17. The molecule has 1 aliphatic rings. The summed E-state index contributed by atoms with van der Waals surface area (Å²) in [6, 6.07) is 4.85. The minimum Gasteiger partial charge on any atom is -0.490 e. The van der Waals surface area contributed by atoms with Crippen molar-refractivity contribution >= 4 is 11.7 Å². The van der Waals surface area contributed by atoms with Crippen LogP contribution in [0.4, 0.5) is 5.69 Å². The fourth-order valence-corrected chi connectivity index (χ4v) is 2.59. The molecule has 3 N–H and O–H groups in total. The van der Waals surface area contributed by atoms with Crippen LogP contribution in [0.5, 0.6) is 5.75 Å². The van der Waals surface area contributed by atoms with Crippen LogP contribution >= 0.6 is 0 Å². The van der Waals surface area contributed by atoms with Crippen LogP contribution in [0.2, 0.25) is 0 Å². The Hall–Kier alpha value is -1.71. The number of ether oxygens (including phenoxy) is 1. The fraction of sp³-hybridized carbons (Fsp3) is 0.533. The molecule has 0 saturated heterocycles. The summed E-state index contributed by atoms with van der Waals surface area (Å²) in [5.41, 5.74) is 6.00. The van der Waals surface area contributed by atoms with Crippen molar-refractivity contribution in [2.75, 3.05) is 5.73 Å². The van der Waals surface area contributed by atoms with E-state index in [1.54, 1.807) is 12.1 Å². The first kappa shape index (κ1) is 13.7. The van der Waals surface area contributed by atoms with Crippen molar-refractivity contribution in [3.05, 3.63) is 23.8 Å². The second-order valence-electron chi connectivity index (χ2n) is 5.56. The van der Waals surface area contributed by atoms with E-state index in [1.165, 1.54) is 6.07 Å². The Balaban J connectivity index is 2.07. The average molecular weight is 263 g/mol. The number of rotatable bonds is 3. The lowest BCUT2D eigenvalue weighted by Gasteiger charge is -2.32. The van der Waals surface area contributed by atoms with Gasteiger partial charge in [0.1, 0.15) is 5.75 Å². The molecule has 3 atom stereocenters. The van der Waals surface area contributed by atoms with E-state index in [-0.39, 0.29) is 17.4 Å². The van der Waals surface area contributed by atoms with Gasteiger partial charge in [-0.05, 0) is 49.3 Å². The Morgan fingerprint density at radius 2 is 2.05 bits per heavy atom. The molecular weight excluding hydrogens is 242 g/mol. The summed E-state index contributed by atoms with van der Waals surface area (Å²) in [6.07, 6.45) is 3.38. The SMILES string of the molecule is CC1CCC(Oc2ccc(N)c(C(=O)O)c2)CC1C. The maximum Gasteiger partial charge on any atom is 0.337 e. The molecule has 1 aromatic rings. The Morgan fingerprint density at radius 3 is 2.68 bits per heavy atom. The number of hydrogen-bond donors (Lipinski definition) is 2. The van der Waals surface area contributed by atoms with Gasteiger partial charge in [0.05, 0.1) is 11.7 Å². The van der Waals surface area contributed by atoms with E-state index < -0.39 is 5.97 Å². The van der Waals surface area contributed by atoms with Crippen LogP contribution in [0, 0.1) is 11.8 Å². The first-order valence-electron chi connectivity index (χ1n) is 6.77. The van der Waals surface area contributed by atoms with Crippen molar-refractivity contribution < 1.29 is 14.6 Å². The highest BCUT2D eigenvalue weighted by molar-refractivity contribution is 5.94. The van der Waals surface area contributed by atoms with Gasteiger partial charge in [0, 0.05) is 5.69 Å². The number of carboxylic acids is 1. The van der Waals surface area contributed by atoms with E-state index in [4.69, 9.17) is 15.6 Å². The molecule has 1 saturated carbocycles. The Kier molecular flexibility index (Phi) is 3.98. The normalized spacial score (nSPS) is 26.9. The number of benzene rings is 1. The molecule has 0 bridgehead atoms. The smallest absolute Gasteiger partial charge is 0.337 e. The maximum atomic E-state index is 11.0. The van der Waals surface area contributed by atoms with Crippen LogP contribution in [0.3, 0.4) is 0 Å². The molecule has 19 heavy (non-hydrogen) atoms. The quantitative estimate of drug-likeness (QED) is 0.821. The predicted molar refractivity (Wildman–Crippen MR) is 74.4 cm³/mol. The molecule has 1 aliphatic carbocycles. The van der Waals surface area contributed by atoms with Crippen LogP contribution in [-0.2, 0) is 0 Å². The summed E-state index contributed by atoms with van der Waals surface area (Å²) < 4.78 is 5.90. The summed E-state index contributed by atoms with van der Waals surface area (Å²) in [4.78, 5) is 11.0. The molecule has 3 unspecified atom stereocenters. The van der Waals surface area contributed by atoms with Crippen molar-refractivity contribution in [1.82, 2.24) is 0 Å². The largest absolute Gasteiger partial charge is 0.490 e. The molecule has 104 valence electrons. The highest BCUT2D eigenvalue weighted by Gasteiger charge is 2.26. The molecule has 0 amide bonds. The lowest BCUT2D eigenvalue weighted by Crippen LogP contribution is -2.28. The van der Waals surface area contributed by atoms with Gasteiger partial charge < -0.3 is 15.6 Å². The van der Waals surface area contributed by atoms with E-state index in [2.05, 4.69) is 13.8 Å². The number of hydrogen-bond acceptors (Lipinski definition) is 3. The third kappa shape index (κ3) is 3.19. The summed E-state index contributed by atoms with van der Waals surface area (Å²) in [5.74, 6) is 0.958. The molecule has 0 heterocycles. The number of nitrogen functional groups attached to an aromatic ring is 1. The van der Waals surface area contributed by atoms with Crippen LogP contribution in [0.15, 0.2) is 18.2 Å². The number of anilines is 1. The van der Waals surface area contributed by atoms with Gasteiger partial charge in [-0.2, -0.15) is 0 Å². The maximum absolute atomic E-state index is 11.0. The van der Waals surface area contributed by atoms with Crippen molar-refractivity contribution in [3.63, 3.8) is 0 Å². The molecule has 1 aromatic carbocycles. The van der Waals surface area contributed by atoms with E-state index in [0.717, 1.165) is 25.2 Å². The lowest BCUT2D eigenvalue weighted by molar-refractivity contribution is 0.0695. The standard InChI is InChI=1S/C15H21NO3/c1-9-3-4-11(7-10(9)2)19-12-5-6-14(16)13(8-12)15(17)18/h5-6,8-11H,3-4,7,16H2,1-2H3,(H,17,18). The highest BCUT2D eigenvalue weighted by Crippen LogP contribution is 2.32. The molecule has 4 heteroatoms. The zero-order valence-electron chi connectivity index (χ0n) is 11.4. The topological polar surface area (TPSA) is 72.5 Å². The molecule has 2 rings (SSSR count). The minimum absolute atomic E-state index is 0.106. The Morgan fingerprint density at radius 1 is 1.32 bits per heavy atom. The highest BCUT2D eigenvalue weighted by atomic mass is 16.5. The van der Waals surface area contributed by atoms with Crippen molar-refractivity contribution in [3.8, 4) is 5.75 Å². The zero-order chi connectivity index (χ0) is 14.0. The van der Waals surface area contributed by atoms with E-state index in [0.29, 0.717) is 11.7 Å².